The van der Waals surface area contributed by atoms with Crippen LogP contribution in [0.1, 0.15) is 51.8 Å². The van der Waals surface area contributed by atoms with Crippen LogP contribution in [-0.2, 0) is 4.74 Å². The fourth-order valence-electron chi connectivity index (χ4n) is 2.29. The molecule has 1 aromatic rings. The average Bonchev–Trinajstić information content (AvgIpc) is 2.83. The maximum absolute atomic E-state index is 11.8. The van der Waals surface area contributed by atoms with E-state index in [0.29, 0.717) is 5.89 Å². The molecule has 1 fully saturated rings. The van der Waals surface area contributed by atoms with Crippen LogP contribution in [0.5, 0.6) is 0 Å². The summed E-state index contributed by atoms with van der Waals surface area (Å²) in [7, 11) is 0. The molecule has 7 heteroatoms. The van der Waals surface area contributed by atoms with Crippen LogP contribution in [0.4, 0.5) is 4.79 Å². The lowest BCUT2D eigenvalue weighted by Gasteiger charge is -2.23. The molecule has 1 amide bonds. The van der Waals surface area contributed by atoms with E-state index in [1.807, 2.05) is 20.8 Å². The number of hydrogen-bond donors (Lipinski definition) is 2. The quantitative estimate of drug-likeness (QED) is 0.817. The van der Waals surface area contributed by atoms with E-state index in [1.54, 1.807) is 0 Å². The Morgan fingerprint density at radius 3 is 2.84 bits per heavy atom. The Balaban J connectivity index is 2.00. The number of aromatic amines is 1. The third-order valence-electron chi connectivity index (χ3n) is 2.99. The van der Waals surface area contributed by atoms with E-state index < -0.39 is 11.7 Å². The minimum atomic E-state index is -0.497. The van der Waals surface area contributed by atoms with E-state index in [-0.39, 0.29) is 16.8 Å². The standard InChI is InChI=1S/C12H19N3O3S/c1-12(2,3)18-10(16)13-8-6-4-5-7(8)9-14-15-11(19)17-9/h7-8H,4-6H2,1-3H3,(H,13,16)(H,15,19)/t7-,8+/m1/s1. The Morgan fingerprint density at radius 1 is 1.53 bits per heavy atom. The highest BCUT2D eigenvalue weighted by Crippen LogP contribution is 2.33. The molecule has 1 aromatic heterocycles. The van der Waals surface area contributed by atoms with Crippen LogP contribution < -0.4 is 5.32 Å². The van der Waals surface area contributed by atoms with Crippen LogP contribution >= 0.6 is 12.2 Å². The lowest BCUT2D eigenvalue weighted by molar-refractivity contribution is 0.0499. The molecule has 0 bridgehead atoms. The van der Waals surface area contributed by atoms with Crippen LogP contribution in [0.3, 0.4) is 0 Å². The molecular formula is C12H19N3O3S. The molecule has 1 aliphatic rings. The molecule has 2 rings (SSSR count). The molecule has 0 radical (unpaired) electrons. The summed E-state index contributed by atoms with van der Waals surface area (Å²) >= 11 is 4.87. The van der Waals surface area contributed by atoms with Crippen molar-refractivity contribution in [1.29, 1.82) is 0 Å². The SMILES string of the molecule is CC(C)(C)OC(=O)N[C@H]1CCC[C@H]1c1n[nH]c(=S)o1. The summed E-state index contributed by atoms with van der Waals surface area (Å²) in [5.74, 6) is 0.615. The van der Waals surface area contributed by atoms with Gasteiger partial charge in [0.2, 0.25) is 5.89 Å². The zero-order valence-corrected chi connectivity index (χ0v) is 12.2. The predicted molar refractivity (Wildman–Crippen MR) is 71.4 cm³/mol. The zero-order chi connectivity index (χ0) is 14.0. The number of aromatic nitrogens is 2. The number of carbonyl (C=O) groups excluding carboxylic acids is 1. The third kappa shape index (κ3) is 3.79. The van der Waals surface area contributed by atoms with E-state index in [4.69, 9.17) is 21.4 Å². The maximum atomic E-state index is 11.8. The summed E-state index contributed by atoms with van der Waals surface area (Å²) in [5.41, 5.74) is -0.497. The first-order valence-electron chi connectivity index (χ1n) is 6.40. The number of hydrogen-bond acceptors (Lipinski definition) is 5. The van der Waals surface area contributed by atoms with Gasteiger partial charge >= 0.3 is 6.09 Å². The number of nitrogens with zero attached hydrogens (tertiary/aromatic N) is 1. The van der Waals surface area contributed by atoms with E-state index in [2.05, 4.69) is 15.5 Å². The minimum Gasteiger partial charge on any atom is -0.444 e. The Labute approximate surface area is 116 Å². The van der Waals surface area contributed by atoms with Gasteiger partial charge in [0, 0.05) is 6.04 Å². The molecule has 19 heavy (non-hydrogen) atoms. The Hall–Kier alpha value is -1.37. The topological polar surface area (TPSA) is 80.1 Å². The van der Waals surface area contributed by atoms with Crippen LogP contribution in [0.15, 0.2) is 4.42 Å². The second kappa shape index (κ2) is 5.32. The third-order valence-corrected chi connectivity index (χ3v) is 3.16. The maximum Gasteiger partial charge on any atom is 0.407 e. The van der Waals surface area contributed by atoms with Crippen molar-refractivity contribution in [1.82, 2.24) is 15.5 Å². The highest BCUT2D eigenvalue weighted by Gasteiger charge is 2.34. The van der Waals surface area contributed by atoms with Crippen molar-refractivity contribution < 1.29 is 13.9 Å². The van der Waals surface area contributed by atoms with Gasteiger partial charge in [-0.1, -0.05) is 6.42 Å². The van der Waals surface area contributed by atoms with E-state index >= 15 is 0 Å². The molecule has 0 unspecified atom stereocenters. The Kier molecular flexibility index (Phi) is 3.93. The smallest absolute Gasteiger partial charge is 0.407 e. The highest BCUT2D eigenvalue weighted by atomic mass is 32.1. The van der Waals surface area contributed by atoms with Gasteiger partial charge in [0.1, 0.15) is 5.60 Å². The van der Waals surface area contributed by atoms with Crippen molar-refractivity contribution in [3.05, 3.63) is 10.7 Å². The normalized spacial score (nSPS) is 23.3. The number of alkyl carbamates (subject to hydrolysis) is 1. The highest BCUT2D eigenvalue weighted by molar-refractivity contribution is 7.71. The summed E-state index contributed by atoms with van der Waals surface area (Å²) in [6.07, 6.45) is 2.42. The number of ether oxygens (including phenoxy) is 1. The van der Waals surface area contributed by atoms with Gasteiger partial charge in [0.05, 0.1) is 5.92 Å². The molecule has 0 aliphatic heterocycles. The molecule has 0 saturated heterocycles. The first-order valence-corrected chi connectivity index (χ1v) is 6.81. The lowest BCUT2D eigenvalue weighted by Crippen LogP contribution is -2.40. The van der Waals surface area contributed by atoms with Crippen molar-refractivity contribution >= 4 is 18.3 Å². The van der Waals surface area contributed by atoms with Crippen LogP contribution in [0, 0.1) is 4.84 Å². The number of carbonyl (C=O) groups is 1. The lowest BCUT2D eigenvalue weighted by atomic mass is 10.0. The molecule has 1 aliphatic carbocycles. The van der Waals surface area contributed by atoms with Gasteiger partial charge in [-0.25, -0.2) is 9.89 Å². The molecule has 1 heterocycles. The van der Waals surface area contributed by atoms with Crippen LogP contribution in [-0.4, -0.2) is 27.9 Å². The van der Waals surface area contributed by atoms with Gasteiger partial charge in [-0.05, 0) is 45.8 Å². The van der Waals surface area contributed by atoms with Crippen molar-refractivity contribution in [3.63, 3.8) is 0 Å². The molecule has 6 nitrogen and oxygen atoms in total. The first kappa shape index (κ1) is 14.0. The van der Waals surface area contributed by atoms with Gasteiger partial charge in [-0.3, -0.25) is 0 Å². The van der Waals surface area contributed by atoms with Crippen LogP contribution in [0.25, 0.3) is 0 Å². The van der Waals surface area contributed by atoms with Crippen molar-refractivity contribution in [2.75, 3.05) is 0 Å². The minimum absolute atomic E-state index is 0.0173. The number of nitrogens with one attached hydrogen (secondary N) is 2. The summed E-state index contributed by atoms with van der Waals surface area (Å²) in [6, 6.07) is -0.0173. The molecular weight excluding hydrogens is 266 g/mol. The number of amides is 1. The van der Waals surface area contributed by atoms with Gasteiger partial charge in [0.25, 0.3) is 4.84 Å². The predicted octanol–water partition coefficient (Wildman–Crippen LogP) is 2.89. The molecule has 0 spiro atoms. The monoisotopic (exact) mass is 285 g/mol. The summed E-state index contributed by atoms with van der Waals surface area (Å²) < 4.78 is 10.6. The number of H-pyrrole nitrogens is 1. The van der Waals surface area contributed by atoms with Crippen molar-refractivity contribution in [2.45, 2.75) is 57.6 Å². The molecule has 106 valence electrons. The fourth-order valence-corrected chi connectivity index (χ4v) is 2.42. The second-order valence-electron chi connectivity index (χ2n) is 5.74. The van der Waals surface area contributed by atoms with Crippen LogP contribution in [0.2, 0.25) is 0 Å². The zero-order valence-electron chi connectivity index (χ0n) is 11.4. The summed E-state index contributed by atoms with van der Waals surface area (Å²) in [5, 5.41) is 9.54. The van der Waals surface area contributed by atoms with E-state index in [1.165, 1.54) is 0 Å². The van der Waals surface area contributed by atoms with E-state index in [0.717, 1.165) is 19.3 Å². The molecule has 2 N–H and O–H groups in total. The first-order chi connectivity index (χ1) is 8.85. The average molecular weight is 285 g/mol. The Morgan fingerprint density at radius 2 is 2.26 bits per heavy atom. The molecule has 1 saturated carbocycles. The van der Waals surface area contributed by atoms with Gasteiger partial charge in [-0.15, -0.1) is 5.10 Å². The van der Waals surface area contributed by atoms with E-state index in [9.17, 15) is 4.79 Å². The van der Waals surface area contributed by atoms with Crippen molar-refractivity contribution in [2.24, 2.45) is 0 Å². The molecule has 2 atom stereocenters. The molecule has 0 aromatic carbocycles. The summed E-state index contributed by atoms with van der Waals surface area (Å²) in [4.78, 5) is 12.0. The van der Waals surface area contributed by atoms with Gasteiger partial charge in [0.15, 0.2) is 0 Å². The second-order valence-corrected chi connectivity index (χ2v) is 6.11. The fraction of sp³-hybridized carbons (Fsp3) is 0.750. The van der Waals surface area contributed by atoms with Crippen molar-refractivity contribution in [3.8, 4) is 0 Å². The van der Waals surface area contributed by atoms with Gasteiger partial charge < -0.3 is 14.5 Å². The van der Waals surface area contributed by atoms with Gasteiger partial charge in [-0.2, -0.15) is 0 Å². The number of rotatable bonds is 2. The largest absolute Gasteiger partial charge is 0.444 e. The Bertz CT molecular complexity index is 503. The summed E-state index contributed by atoms with van der Waals surface area (Å²) in [6.45, 7) is 5.52.